The number of anilines is 1. The van der Waals surface area contributed by atoms with E-state index in [-0.39, 0.29) is 5.82 Å². The van der Waals surface area contributed by atoms with Gasteiger partial charge in [0.1, 0.15) is 5.82 Å². The Morgan fingerprint density at radius 3 is 2.82 bits per heavy atom. The zero-order valence-corrected chi connectivity index (χ0v) is 9.94. The van der Waals surface area contributed by atoms with Gasteiger partial charge in [0, 0.05) is 20.5 Å². The standard InChI is InChI=1S/C12H15FN4/c1-14-12-15-11(16-17(12)2)7-6-9-4-3-5-10(13)8-9/h3-5,8H,6-7H2,1-2H3,(H,14,15,16). The van der Waals surface area contributed by atoms with Crippen LogP contribution in [-0.4, -0.2) is 21.8 Å². The Balaban J connectivity index is 2.02. The van der Waals surface area contributed by atoms with Gasteiger partial charge in [0.05, 0.1) is 0 Å². The summed E-state index contributed by atoms with van der Waals surface area (Å²) in [7, 11) is 3.64. The molecule has 0 aliphatic carbocycles. The van der Waals surface area contributed by atoms with E-state index in [0.29, 0.717) is 6.42 Å². The summed E-state index contributed by atoms with van der Waals surface area (Å²) in [5.41, 5.74) is 0.962. The molecule has 0 bridgehead atoms. The molecule has 2 aromatic rings. The van der Waals surface area contributed by atoms with Gasteiger partial charge in [0.2, 0.25) is 5.95 Å². The molecule has 0 saturated heterocycles. The molecule has 2 rings (SSSR count). The molecule has 0 saturated carbocycles. The molecule has 17 heavy (non-hydrogen) atoms. The smallest absolute Gasteiger partial charge is 0.220 e. The SMILES string of the molecule is CNc1nc(CCc2cccc(F)c2)nn1C. The summed E-state index contributed by atoms with van der Waals surface area (Å²) in [6.07, 6.45) is 1.45. The van der Waals surface area contributed by atoms with Crippen molar-refractivity contribution in [1.82, 2.24) is 14.8 Å². The molecule has 90 valence electrons. The number of nitrogens with zero attached hydrogens (tertiary/aromatic N) is 3. The summed E-state index contributed by atoms with van der Waals surface area (Å²) in [4.78, 5) is 4.31. The van der Waals surface area contributed by atoms with Crippen LogP contribution in [0.5, 0.6) is 0 Å². The third kappa shape index (κ3) is 2.81. The van der Waals surface area contributed by atoms with Crippen molar-refractivity contribution in [2.75, 3.05) is 12.4 Å². The highest BCUT2D eigenvalue weighted by molar-refractivity contribution is 5.23. The Hall–Kier alpha value is -1.91. The normalized spacial score (nSPS) is 10.5. The Bertz CT molecular complexity index is 507. The van der Waals surface area contributed by atoms with Gasteiger partial charge in [-0.15, -0.1) is 0 Å². The van der Waals surface area contributed by atoms with Crippen LogP contribution in [-0.2, 0) is 19.9 Å². The summed E-state index contributed by atoms with van der Waals surface area (Å²) in [5, 5.41) is 7.22. The van der Waals surface area contributed by atoms with Crippen LogP contribution in [0.25, 0.3) is 0 Å². The molecule has 1 heterocycles. The van der Waals surface area contributed by atoms with Crippen molar-refractivity contribution in [3.8, 4) is 0 Å². The van der Waals surface area contributed by atoms with Gasteiger partial charge in [0.15, 0.2) is 5.82 Å². The van der Waals surface area contributed by atoms with Crippen LogP contribution in [0.1, 0.15) is 11.4 Å². The van der Waals surface area contributed by atoms with E-state index in [2.05, 4.69) is 15.4 Å². The minimum atomic E-state index is -0.201. The number of aryl methyl sites for hydroxylation is 3. The predicted octanol–water partition coefficient (Wildman–Crippen LogP) is 1.78. The number of nitrogens with one attached hydrogen (secondary N) is 1. The first kappa shape index (κ1) is 11.6. The highest BCUT2D eigenvalue weighted by Crippen LogP contribution is 2.08. The average molecular weight is 234 g/mol. The first-order chi connectivity index (χ1) is 8.19. The van der Waals surface area contributed by atoms with Crippen LogP contribution in [0.3, 0.4) is 0 Å². The summed E-state index contributed by atoms with van der Waals surface area (Å²) in [5.74, 6) is 1.30. The molecule has 0 aliphatic rings. The van der Waals surface area contributed by atoms with Gasteiger partial charge >= 0.3 is 0 Å². The quantitative estimate of drug-likeness (QED) is 0.877. The molecule has 1 aromatic carbocycles. The minimum Gasteiger partial charge on any atom is -0.358 e. The third-order valence-corrected chi connectivity index (χ3v) is 2.56. The average Bonchev–Trinajstić information content (AvgIpc) is 2.67. The maximum atomic E-state index is 13.0. The van der Waals surface area contributed by atoms with E-state index in [1.807, 2.05) is 13.1 Å². The molecule has 0 atom stereocenters. The van der Waals surface area contributed by atoms with Crippen LogP contribution >= 0.6 is 0 Å². The van der Waals surface area contributed by atoms with Crippen molar-refractivity contribution in [3.05, 3.63) is 41.5 Å². The lowest BCUT2D eigenvalue weighted by molar-refractivity contribution is 0.625. The molecule has 1 aromatic heterocycles. The van der Waals surface area contributed by atoms with Crippen molar-refractivity contribution in [2.24, 2.45) is 7.05 Å². The Labute approximate surface area is 99.5 Å². The molecule has 0 radical (unpaired) electrons. The van der Waals surface area contributed by atoms with Crippen LogP contribution in [0.2, 0.25) is 0 Å². The van der Waals surface area contributed by atoms with Gasteiger partial charge in [-0.1, -0.05) is 12.1 Å². The van der Waals surface area contributed by atoms with Crippen molar-refractivity contribution in [3.63, 3.8) is 0 Å². The fourth-order valence-electron chi connectivity index (χ4n) is 1.71. The van der Waals surface area contributed by atoms with E-state index in [0.717, 1.165) is 23.8 Å². The molecular weight excluding hydrogens is 219 g/mol. The predicted molar refractivity (Wildman–Crippen MR) is 64.4 cm³/mol. The fourth-order valence-corrected chi connectivity index (χ4v) is 1.71. The fraction of sp³-hybridized carbons (Fsp3) is 0.333. The number of hydrogen-bond acceptors (Lipinski definition) is 3. The Morgan fingerprint density at radius 2 is 2.18 bits per heavy atom. The molecule has 4 nitrogen and oxygen atoms in total. The van der Waals surface area contributed by atoms with E-state index in [9.17, 15) is 4.39 Å². The van der Waals surface area contributed by atoms with Gasteiger partial charge in [-0.3, -0.25) is 0 Å². The largest absolute Gasteiger partial charge is 0.358 e. The van der Waals surface area contributed by atoms with Crippen LogP contribution < -0.4 is 5.32 Å². The molecule has 0 unspecified atom stereocenters. The number of hydrogen-bond donors (Lipinski definition) is 1. The Kier molecular flexibility index (Phi) is 3.37. The molecule has 0 aliphatic heterocycles. The van der Waals surface area contributed by atoms with Crippen molar-refractivity contribution >= 4 is 5.95 Å². The van der Waals surface area contributed by atoms with Crippen molar-refractivity contribution in [2.45, 2.75) is 12.8 Å². The second-order valence-corrected chi connectivity index (χ2v) is 3.86. The highest BCUT2D eigenvalue weighted by Gasteiger charge is 2.05. The van der Waals surface area contributed by atoms with E-state index in [4.69, 9.17) is 0 Å². The number of benzene rings is 1. The lowest BCUT2D eigenvalue weighted by Crippen LogP contribution is -1.99. The maximum absolute atomic E-state index is 13.0. The number of halogens is 1. The second-order valence-electron chi connectivity index (χ2n) is 3.86. The van der Waals surface area contributed by atoms with Crippen LogP contribution in [0.4, 0.5) is 10.3 Å². The van der Waals surface area contributed by atoms with E-state index >= 15 is 0 Å². The van der Waals surface area contributed by atoms with Gasteiger partial charge < -0.3 is 5.32 Å². The lowest BCUT2D eigenvalue weighted by atomic mass is 10.1. The van der Waals surface area contributed by atoms with Crippen LogP contribution in [0, 0.1) is 5.82 Å². The van der Waals surface area contributed by atoms with E-state index in [1.165, 1.54) is 6.07 Å². The first-order valence-electron chi connectivity index (χ1n) is 5.51. The summed E-state index contributed by atoms with van der Waals surface area (Å²) < 4.78 is 14.7. The van der Waals surface area contributed by atoms with Gasteiger partial charge in [-0.2, -0.15) is 10.1 Å². The zero-order chi connectivity index (χ0) is 12.3. The molecular formula is C12H15FN4. The lowest BCUT2D eigenvalue weighted by Gasteiger charge is -1.98. The topological polar surface area (TPSA) is 42.7 Å². The third-order valence-electron chi connectivity index (χ3n) is 2.56. The monoisotopic (exact) mass is 234 g/mol. The van der Waals surface area contributed by atoms with Gasteiger partial charge in [0.25, 0.3) is 0 Å². The summed E-state index contributed by atoms with van der Waals surface area (Å²) >= 11 is 0. The molecule has 0 fully saturated rings. The molecule has 0 spiro atoms. The number of rotatable bonds is 4. The maximum Gasteiger partial charge on any atom is 0.220 e. The van der Waals surface area contributed by atoms with Crippen molar-refractivity contribution < 1.29 is 4.39 Å². The molecule has 0 amide bonds. The van der Waals surface area contributed by atoms with Gasteiger partial charge in [-0.05, 0) is 24.1 Å². The Morgan fingerprint density at radius 1 is 1.35 bits per heavy atom. The van der Waals surface area contributed by atoms with Gasteiger partial charge in [-0.25, -0.2) is 9.07 Å². The summed E-state index contributed by atoms with van der Waals surface area (Å²) in [6, 6.07) is 6.62. The zero-order valence-electron chi connectivity index (χ0n) is 9.94. The second kappa shape index (κ2) is 4.95. The van der Waals surface area contributed by atoms with E-state index < -0.39 is 0 Å². The van der Waals surface area contributed by atoms with E-state index in [1.54, 1.807) is 23.9 Å². The van der Waals surface area contributed by atoms with Crippen LogP contribution in [0.15, 0.2) is 24.3 Å². The highest BCUT2D eigenvalue weighted by atomic mass is 19.1. The number of aromatic nitrogens is 3. The van der Waals surface area contributed by atoms with Crippen molar-refractivity contribution in [1.29, 1.82) is 0 Å². The molecule has 1 N–H and O–H groups in total. The molecule has 5 heteroatoms. The summed E-state index contributed by atoms with van der Waals surface area (Å²) in [6.45, 7) is 0. The minimum absolute atomic E-state index is 0.201. The first-order valence-corrected chi connectivity index (χ1v) is 5.51.